The summed E-state index contributed by atoms with van der Waals surface area (Å²) in [6.45, 7) is 1.18. The second-order valence-electron chi connectivity index (χ2n) is 4.97. The van der Waals surface area contributed by atoms with Gasteiger partial charge in [0, 0.05) is 16.2 Å². The van der Waals surface area contributed by atoms with E-state index in [2.05, 4.69) is 21.2 Å². The third kappa shape index (κ3) is 5.31. The Kier molecular flexibility index (Phi) is 6.26. The van der Waals surface area contributed by atoms with Gasteiger partial charge in [0.2, 0.25) is 0 Å². The molecular formula is C18H15BrFNO3. The molecule has 2 rings (SSSR count). The van der Waals surface area contributed by atoms with E-state index in [0.717, 1.165) is 10.0 Å². The van der Waals surface area contributed by atoms with Gasteiger partial charge in [0.1, 0.15) is 5.82 Å². The van der Waals surface area contributed by atoms with Gasteiger partial charge in [-0.3, -0.25) is 4.79 Å². The maximum atomic E-state index is 13.4. The molecule has 0 heterocycles. The van der Waals surface area contributed by atoms with Crippen LogP contribution in [-0.4, -0.2) is 18.5 Å². The van der Waals surface area contributed by atoms with Gasteiger partial charge in [-0.2, -0.15) is 0 Å². The van der Waals surface area contributed by atoms with Crippen molar-refractivity contribution in [2.45, 2.75) is 6.92 Å². The fraction of sp³-hybridized carbons (Fsp3) is 0.111. The summed E-state index contributed by atoms with van der Waals surface area (Å²) in [5.74, 6) is -1.60. The highest BCUT2D eigenvalue weighted by molar-refractivity contribution is 9.10. The Morgan fingerprint density at radius 1 is 1.25 bits per heavy atom. The zero-order chi connectivity index (χ0) is 17.5. The van der Waals surface area contributed by atoms with Crippen LogP contribution in [0.5, 0.6) is 0 Å². The summed E-state index contributed by atoms with van der Waals surface area (Å²) in [4.78, 5) is 23.3. The molecule has 0 spiro atoms. The van der Waals surface area contributed by atoms with Crippen molar-refractivity contribution in [3.8, 4) is 0 Å². The van der Waals surface area contributed by atoms with E-state index in [1.807, 2.05) is 24.3 Å². The van der Waals surface area contributed by atoms with E-state index in [9.17, 15) is 14.0 Å². The highest BCUT2D eigenvalue weighted by Gasteiger charge is 2.07. The van der Waals surface area contributed by atoms with Crippen molar-refractivity contribution in [2.75, 3.05) is 11.9 Å². The smallest absolute Gasteiger partial charge is 0.331 e. The number of halogens is 2. The first kappa shape index (κ1) is 17.9. The van der Waals surface area contributed by atoms with Gasteiger partial charge in [-0.05, 0) is 42.3 Å². The quantitative estimate of drug-likeness (QED) is 0.616. The fourth-order valence-corrected chi connectivity index (χ4v) is 2.24. The molecule has 0 saturated heterocycles. The zero-order valence-corrected chi connectivity index (χ0v) is 14.5. The van der Waals surface area contributed by atoms with Crippen LogP contribution in [0.4, 0.5) is 10.1 Å². The van der Waals surface area contributed by atoms with E-state index < -0.39 is 24.3 Å². The largest absolute Gasteiger partial charge is 0.452 e. The van der Waals surface area contributed by atoms with Gasteiger partial charge in [0.25, 0.3) is 5.91 Å². The Hall–Kier alpha value is -2.47. The molecule has 0 aromatic heterocycles. The summed E-state index contributed by atoms with van der Waals surface area (Å²) in [5.41, 5.74) is 1.61. The Bertz CT molecular complexity index is 790. The Morgan fingerprint density at radius 2 is 2.00 bits per heavy atom. The summed E-state index contributed by atoms with van der Waals surface area (Å²) in [6, 6.07) is 11.7. The van der Waals surface area contributed by atoms with Crippen molar-refractivity contribution in [1.29, 1.82) is 0 Å². The molecule has 0 aliphatic carbocycles. The number of nitrogens with one attached hydrogen (secondary N) is 1. The molecule has 2 aromatic carbocycles. The van der Waals surface area contributed by atoms with E-state index >= 15 is 0 Å². The van der Waals surface area contributed by atoms with Crippen LogP contribution >= 0.6 is 15.9 Å². The maximum Gasteiger partial charge on any atom is 0.331 e. The second kappa shape index (κ2) is 8.40. The van der Waals surface area contributed by atoms with Crippen molar-refractivity contribution in [2.24, 2.45) is 0 Å². The number of hydrogen-bond acceptors (Lipinski definition) is 3. The number of anilines is 1. The fourth-order valence-electron chi connectivity index (χ4n) is 1.82. The highest BCUT2D eigenvalue weighted by atomic mass is 79.9. The Balaban J connectivity index is 1.84. The van der Waals surface area contributed by atoms with Crippen LogP contribution in [-0.2, 0) is 14.3 Å². The number of aryl methyl sites for hydroxylation is 1. The van der Waals surface area contributed by atoms with Crippen LogP contribution < -0.4 is 5.32 Å². The van der Waals surface area contributed by atoms with E-state index in [-0.39, 0.29) is 0 Å². The first-order valence-electron chi connectivity index (χ1n) is 7.11. The lowest BCUT2D eigenvalue weighted by molar-refractivity contribution is -0.142. The number of rotatable bonds is 5. The molecule has 0 aliphatic heterocycles. The molecular weight excluding hydrogens is 377 g/mol. The van der Waals surface area contributed by atoms with Crippen LogP contribution in [0.2, 0.25) is 0 Å². The second-order valence-corrected chi connectivity index (χ2v) is 5.83. The molecule has 0 saturated carbocycles. The molecule has 1 amide bonds. The summed E-state index contributed by atoms with van der Waals surface area (Å²) in [7, 11) is 0. The van der Waals surface area contributed by atoms with Gasteiger partial charge < -0.3 is 10.1 Å². The van der Waals surface area contributed by atoms with E-state index in [0.29, 0.717) is 11.3 Å². The van der Waals surface area contributed by atoms with Gasteiger partial charge in [-0.1, -0.05) is 40.2 Å². The molecule has 0 radical (unpaired) electrons. The average Bonchev–Trinajstić information content (AvgIpc) is 2.55. The lowest BCUT2D eigenvalue weighted by atomic mass is 10.2. The predicted molar refractivity (Wildman–Crippen MR) is 93.9 cm³/mol. The third-order valence-electron chi connectivity index (χ3n) is 3.11. The SMILES string of the molecule is Cc1ccc(NC(=O)COC(=O)/C=C/c2ccccc2Br)cc1F. The number of esters is 1. The average molecular weight is 392 g/mol. The number of hydrogen-bond donors (Lipinski definition) is 1. The summed E-state index contributed by atoms with van der Waals surface area (Å²) in [5, 5.41) is 2.46. The first-order chi connectivity index (χ1) is 11.5. The summed E-state index contributed by atoms with van der Waals surface area (Å²) < 4.78 is 19.1. The van der Waals surface area contributed by atoms with Crippen LogP contribution in [0.3, 0.4) is 0 Å². The van der Waals surface area contributed by atoms with Crippen molar-refractivity contribution in [1.82, 2.24) is 0 Å². The first-order valence-corrected chi connectivity index (χ1v) is 7.90. The van der Waals surface area contributed by atoms with Crippen molar-refractivity contribution in [3.05, 3.63) is 70.0 Å². The minimum Gasteiger partial charge on any atom is -0.452 e. The standard InChI is InChI=1S/C18H15BrFNO3/c1-12-6-8-14(10-16(12)20)21-17(22)11-24-18(23)9-7-13-4-2-3-5-15(13)19/h2-10H,11H2,1H3,(H,21,22)/b9-7+. The topological polar surface area (TPSA) is 55.4 Å². The molecule has 6 heteroatoms. The molecule has 2 aromatic rings. The van der Waals surface area contributed by atoms with Crippen molar-refractivity contribution >= 4 is 39.6 Å². The lowest BCUT2D eigenvalue weighted by Crippen LogP contribution is -2.20. The molecule has 0 bridgehead atoms. The van der Waals surface area contributed by atoms with Crippen molar-refractivity contribution < 1.29 is 18.7 Å². The Morgan fingerprint density at radius 3 is 2.71 bits per heavy atom. The number of carbonyl (C=O) groups excluding carboxylic acids is 2. The summed E-state index contributed by atoms with van der Waals surface area (Å²) in [6.07, 6.45) is 2.82. The zero-order valence-electron chi connectivity index (χ0n) is 12.9. The highest BCUT2D eigenvalue weighted by Crippen LogP contribution is 2.17. The molecule has 0 unspecified atom stereocenters. The summed E-state index contributed by atoms with van der Waals surface area (Å²) >= 11 is 3.36. The Labute approximate surface area is 147 Å². The minimum atomic E-state index is -0.643. The van der Waals surface area contributed by atoms with Crippen molar-refractivity contribution in [3.63, 3.8) is 0 Å². The third-order valence-corrected chi connectivity index (χ3v) is 3.83. The molecule has 1 N–H and O–H groups in total. The van der Waals surface area contributed by atoms with Crippen LogP contribution in [0.15, 0.2) is 53.0 Å². The normalized spacial score (nSPS) is 10.6. The maximum absolute atomic E-state index is 13.4. The van der Waals surface area contributed by atoms with E-state index in [4.69, 9.17) is 4.74 Å². The lowest BCUT2D eigenvalue weighted by Gasteiger charge is -2.06. The van der Waals surface area contributed by atoms with Gasteiger partial charge in [0.05, 0.1) is 0 Å². The van der Waals surface area contributed by atoms with Crippen LogP contribution in [0, 0.1) is 12.7 Å². The van der Waals surface area contributed by atoms with Crippen LogP contribution in [0.25, 0.3) is 6.08 Å². The number of benzene rings is 2. The number of carbonyl (C=O) groups is 2. The van der Waals surface area contributed by atoms with Gasteiger partial charge >= 0.3 is 5.97 Å². The molecule has 0 atom stereocenters. The minimum absolute atomic E-state index is 0.308. The van der Waals surface area contributed by atoms with Gasteiger partial charge in [0.15, 0.2) is 6.61 Å². The number of amides is 1. The number of ether oxygens (including phenoxy) is 1. The predicted octanol–water partition coefficient (Wildman–Crippen LogP) is 4.09. The molecule has 0 aliphatic rings. The molecule has 124 valence electrons. The molecule has 0 fully saturated rings. The van der Waals surface area contributed by atoms with Gasteiger partial charge in [-0.25, -0.2) is 9.18 Å². The van der Waals surface area contributed by atoms with Crippen LogP contribution in [0.1, 0.15) is 11.1 Å². The molecule has 4 nitrogen and oxygen atoms in total. The van der Waals surface area contributed by atoms with Gasteiger partial charge in [-0.15, -0.1) is 0 Å². The molecule has 24 heavy (non-hydrogen) atoms. The monoisotopic (exact) mass is 391 g/mol. The van der Waals surface area contributed by atoms with E-state index in [1.54, 1.807) is 25.1 Å². The van der Waals surface area contributed by atoms with E-state index in [1.165, 1.54) is 12.1 Å².